The number of nitrogens with zero attached hydrogens (tertiary/aromatic N) is 6. The number of piperidine rings is 1. The fourth-order valence-electron chi connectivity index (χ4n) is 5.67. The van der Waals surface area contributed by atoms with E-state index in [4.69, 9.17) is 27.2 Å². The van der Waals surface area contributed by atoms with Gasteiger partial charge in [0.1, 0.15) is 29.3 Å². The Morgan fingerprint density at radius 1 is 1.10 bits per heavy atom. The second-order valence-electron chi connectivity index (χ2n) is 11.2. The molecule has 0 spiro atoms. The number of ether oxygens (including phenoxy) is 1. The number of carbonyl (C=O) groups is 2. The number of hydrogen-bond donors (Lipinski definition) is 2. The van der Waals surface area contributed by atoms with Crippen molar-refractivity contribution in [2.24, 2.45) is 5.92 Å². The Kier molecular flexibility index (Phi) is 6.33. The number of anilines is 2. The van der Waals surface area contributed by atoms with Gasteiger partial charge in [0.2, 0.25) is 0 Å². The Morgan fingerprint density at radius 3 is 2.60 bits per heavy atom. The first-order valence-corrected chi connectivity index (χ1v) is 13.5. The Bertz CT molecular complexity index is 1620. The molecule has 0 radical (unpaired) electrons. The number of nitrogen functional groups attached to an aromatic ring is 1. The van der Waals surface area contributed by atoms with E-state index in [1.807, 2.05) is 30.4 Å². The van der Waals surface area contributed by atoms with E-state index in [1.54, 1.807) is 42.6 Å². The van der Waals surface area contributed by atoms with E-state index in [2.05, 4.69) is 20.3 Å². The second-order valence-corrected chi connectivity index (χ2v) is 11.6. The molecule has 2 unspecified atom stereocenters. The molecule has 4 heterocycles. The maximum atomic E-state index is 13.0. The lowest BCUT2D eigenvalue weighted by Gasteiger charge is -2.34. The third-order valence-electron chi connectivity index (χ3n) is 7.30. The Balaban J connectivity index is 1.35. The molecule has 3 N–H and O–H groups in total. The minimum absolute atomic E-state index is 0.0832. The average Bonchev–Trinajstić information content (AvgIpc) is 3.62. The van der Waals surface area contributed by atoms with Gasteiger partial charge in [-0.05, 0) is 63.8 Å². The topological polar surface area (TPSA) is 141 Å². The molecule has 1 saturated carbocycles. The van der Waals surface area contributed by atoms with Crippen LogP contribution in [0.5, 0.6) is 0 Å². The first kappa shape index (κ1) is 26.0. The SMILES string of the molecule is CC(C)(C)OC(=O)N1C[C@@H]2CC1C(n1nc(-c3ccc(C(=O)Nc4ccccn4)cc3Cl)c3c(N)ncnc31)C2. The van der Waals surface area contributed by atoms with Gasteiger partial charge in [0.25, 0.3) is 5.91 Å². The van der Waals surface area contributed by atoms with Crippen LogP contribution in [-0.4, -0.2) is 59.8 Å². The van der Waals surface area contributed by atoms with Gasteiger partial charge in [-0.1, -0.05) is 23.7 Å². The van der Waals surface area contributed by atoms with Gasteiger partial charge in [-0.15, -0.1) is 0 Å². The van der Waals surface area contributed by atoms with Crippen LogP contribution in [0.1, 0.15) is 50.0 Å². The summed E-state index contributed by atoms with van der Waals surface area (Å²) in [5.41, 5.74) is 7.80. The highest BCUT2D eigenvalue weighted by Gasteiger charge is 2.50. The molecule has 1 saturated heterocycles. The normalized spacial score (nSPS) is 20.2. The van der Waals surface area contributed by atoms with Gasteiger partial charge in [-0.3, -0.25) is 4.79 Å². The predicted octanol–water partition coefficient (Wildman–Crippen LogP) is 4.95. The van der Waals surface area contributed by atoms with Gasteiger partial charge in [-0.25, -0.2) is 24.4 Å². The average molecular weight is 561 g/mol. The Morgan fingerprint density at radius 2 is 1.90 bits per heavy atom. The van der Waals surface area contributed by atoms with E-state index < -0.39 is 5.60 Å². The Hall–Kier alpha value is -4.25. The summed E-state index contributed by atoms with van der Waals surface area (Å²) in [4.78, 5) is 40.5. The highest BCUT2D eigenvalue weighted by Crippen LogP contribution is 2.47. The lowest BCUT2D eigenvalue weighted by Crippen LogP contribution is -2.45. The molecule has 206 valence electrons. The summed E-state index contributed by atoms with van der Waals surface area (Å²) >= 11 is 6.73. The third-order valence-corrected chi connectivity index (χ3v) is 7.61. The number of fused-ring (bicyclic) bond motifs is 3. The van der Waals surface area contributed by atoms with E-state index >= 15 is 0 Å². The van der Waals surface area contributed by atoms with E-state index in [0.29, 0.717) is 51.2 Å². The van der Waals surface area contributed by atoms with Gasteiger partial charge in [-0.2, -0.15) is 5.10 Å². The summed E-state index contributed by atoms with van der Waals surface area (Å²) in [7, 11) is 0. The molecule has 3 atom stereocenters. The van der Waals surface area contributed by atoms with Crippen LogP contribution in [0.15, 0.2) is 48.9 Å². The number of nitrogens with two attached hydrogens (primary N) is 1. The number of aromatic nitrogens is 5. The monoisotopic (exact) mass is 560 g/mol. The molecule has 1 aliphatic heterocycles. The fourth-order valence-corrected chi connectivity index (χ4v) is 5.94. The van der Waals surface area contributed by atoms with Gasteiger partial charge in [0, 0.05) is 23.9 Å². The number of amides is 2. The molecule has 6 rings (SSSR count). The van der Waals surface area contributed by atoms with E-state index in [9.17, 15) is 9.59 Å². The quantitative estimate of drug-likeness (QED) is 0.357. The molecular formula is C28H29ClN8O3. The molecule has 2 aliphatic rings. The van der Waals surface area contributed by atoms with Crippen molar-refractivity contribution in [2.75, 3.05) is 17.6 Å². The van der Waals surface area contributed by atoms with E-state index in [-0.39, 0.29) is 29.9 Å². The minimum atomic E-state index is -0.584. The highest BCUT2D eigenvalue weighted by molar-refractivity contribution is 6.34. The molecule has 4 aromatic rings. The van der Waals surface area contributed by atoms with Crippen molar-refractivity contribution in [3.63, 3.8) is 0 Å². The number of nitrogens with one attached hydrogen (secondary N) is 1. The molecular weight excluding hydrogens is 532 g/mol. The zero-order chi connectivity index (χ0) is 28.2. The van der Waals surface area contributed by atoms with E-state index in [0.717, 1.165) is 12.8 Å². The molecule has 2 fully saturated rings. The second kappa shape index (κ2) is 9.74. The molecule has 1 aromatic carbocycles. The predicted molar refractivity (Wildman–Crippen MR) is 151 cm³/mol. The summed E-state index contributed by atoms with van der Waals surface area (Å²) in [5.74, 6) is 0.708. The van der Waals surface area contributed by atoms with Crippen molar-refractivity contribution in [1.82, 2.24) is 29.6 Å². The summed E-state index contributed by atoms with van der Waals surface area (Å²) in [6.07, 6.45) is 4.40. The maximum absolute atomic E-state index is 13.0. The van der Waals surface area contributed by atoms with Gasteiger partial charge >= 0.3 is 6.09 Å². The van der Waals surface area contributed by atoms with Crippen molar-refractivity contribution in [3.05, 3.63) is 59.5 Å². The molecule has 40 heavy (non-hydrogen) atoms. The van der Waals surface area contributed by atoms with Crippen LogP contribution in [0.3, 0.4) is 0 Å². The van der Waals surface area contributed by atoms with Crippen LogP contribution in [0.2, 0.25) is 5.02 Å². The van der Waals surface area contributed by atoms with Crippen LogP contribution in [0, 0.1) is 5.92 Å². The number of halogens is 1. The van der Waals surface area contributed by atoms with Crippen molar-refractivity contribution in [1.29, 1.82) is 0 Å². The molecule has 1 aliphatic carbocycles. The summed E-state index contributed by atoms with van der Waals surface area (Å²) < 4.78 is 7.53. The van der Waals surface area contributed by atoms with Crippen LogP contribution >= 0.6 is 11.6 Å². The Labute approximate surface area is 235 Å². The van der Waals surface area contributed by atoms with Crippen molar-refractivity contribution in [3.8, 4) is 11.3 Å². The summed E-state index contributed by atoms with van der Waals surface area (Å²) in [6.45, 7) is 6.25. The molecule has 2 bridgehead atoms. The summed E-state index contributed by atoms with van der Waals surface area (Å²) in [6, 6.07) is 10.1. The highest BCUT2D eigenvalue weighted by atomic mass is 35.5. The van der Waals surface area contributed by atoms with Crippen molar-refractivity contribution in [2.45, 2.75) is 51.3 Å². The van der Waals surface area contributed by atoms with Crippen LogP contribution in [-0.2, 0) is 4.74 Å². The first-order valence-electron chi connectivity index (χ1n) is 13.1. The summed E-state index contributed by atoms with van der Waals surface area (Å²) in [5, 5.41) is 8.61. The van der Waals surface area contributed by atoms with E-state index in [1.165, 1.54) is 6.33 Å². The molecule has 11 nitrogen and oxygen atoms in total. The number of pyridine rings is 1. The molecule has 2 amide bonds. The van der Waals surface area contributed by atoms with Crippen LogP contribution in [0.4, 0.5) is 16.4 Å². The lowest BCUT2D eigenvalue weighted by atomic mass is 10.1. The molecule has 3 aromatic heterocycles. The molecule has 12 heteroatoms. The van der Waals surface area contributed by atoms with Gasteiger partial charge in [0.05, 0.1) is 22.5 Å². The standard InChI is InChI=1S/C28H29ClN8O3/c1-28(2,3)40-27(39)36-13-15-10-19(36)20(11-15)37-25-22(24(30)32-14-33-25)23(35-37)17-8-7-16(12-18(17)29)26(38)34-21-6-4-5-9-31-21/h4-9,12,14-15,19-20H,10-11,13H2,1-3H3,(H2,30,32,33)(H,31,34,38)/t15-,19?,20?/m1/s1. The number of hydrogen-bond acceptors (Lipinski definition) is 8. The maximum Gasteiger partial charge on any atom is 0.410 e. The minimum Gasteiger partial charge on any atom is -0.444 e. The largest absolute Gasteiger partial charge is 0.444 e. The first-order chi connectivity index (χ1) is 19.1. The zero-order valence-electron chi connectivity index (χ0n) is 22.3. The van der Waals surface area contributed by atoms with Crippen molar-refractivity contribution < 1.29 is 14.3 Å². The zero-order valence-corrected chi connectivity index (χ0v) is 23.1. The van der Waals surface area contributed by atoms with Crippen LogP contribution < -0.4 is 11.1 Å². The van der Waals surface area contributed by atoms with Crippen LogP contribution in [0.25, 0.3) is 22.3 Å². The number of benzene rings is 1. The van der Waals surface area contributed by atoms with Crippen molar-refractivity contribution >= 4 is 46.3 Å². The number of likely N-dealkylation sites (tertiary alicyclic amines) is 1. The van der Waals surface area contributed by atoms with Gasteiger partial charge < -0.3 is 20.7 Å². The number of carbonyl (C=O) groups excluding carboxylic acids is 2. The van der Waals surface area contributed by atoms with Gasteiger partial charge in [0.15, 0.2) is 5.65 Å². The lowest BCUT2D eigenvalue weighted by molar-refractivity contribution is 0.0135. The number of rotatable bonds is 4. The third kappa shape index (κ3) is 4.70. The smallest absolute Gasteiger partial charge is 0.410 e. The fraction of sp³-hybridized carbons (Fsp3) is 0.357.